The Balaban J connectivity index is 1.38. The van der Waals surface area contributed by atoms with E-state index >= 15 is 0 Å². The van der Waals surface area contributed by atoms with Gasteiger partial charge in [0.1, 0.15) is 12.1 Å². The maximum absolute atomic E-state index is 12.0. The highest BCUT2D eigenvalue weighted by molar-refractivity contribution is 6.12. The first-order valence-corrected chi connectivity index (χ1v) is 12.6. The predicted octanol–water partition coefficient (Wildman–Crippen LogP) is -1.75. The molecule has 2 aromatic heterocycles. The number of benzene rings is 1. The highest BCUT2D eigenvalue weighted by Crippen LogP contribution is 2.25. The third kappa shape index (κ3) is 5.97. The molecule has 0 saturated carbocycles. The molecule has 226 valence electrons. The third-order valence-electron chi connectivity index (χ3n) is 6.00. The molecule has 4 heterocycles. The molecule has 0 spiro atoms. The maximum atomic E-state index is 12.0. The Kier molecular flexibility index (Phi) is 7.37. The molecule has 2 atom stereocenters. The summed E-state index contributed by atoms with van der Waals surface area (Å²) in [6, 6.07) is 5.24. The van der Waals surface area contributed by atoms with Crippen LogP contribution < -0.4 is 54.0 Å². The predicted molar refractivity (Wildman–Crippen MR) is 161 cm³/mol. The van der Waals surface area contributed by atoms with E-state index in [-0.39, 0.29) is 47.6 Å². The zero-order valence-corrected chi connectivity index (χ0v) is 23.1. The van der Waals surface area contributed by atoms with Gasteiger partial charge in [-0.2, -0.15) is 39.9 Å². The van der Waals surface area contributed by atoms with Crippen LogP contribution in [0.1, 0.15) is 13.8 Å². The number of amides is 2. The minimum absolute atomic E-state index is 0.00412. The first-order valence-electron chi connectivity index (χ1n) is 12.6. The van der Waals surface area contributed by atoms with Crippen molar-refractivity contribution in [2.24, 2.45) is 32.9 Å². The van der Waals surface area contributed by atoms with Crippen molar-refractivity contribution in [3.63, 3.8) is 0 Å². The SMILES string of the molecule is CC1C(=O)N=C(N)N1c1nc(NC(=N)N)nc(Nc2ccc(Nc3nc(NC(=N)N)nc(N4C(N)=NC(=O)C4C)n3)cc2)n1. The summed E-state index contributed by atoms with van der Waals surface area (Å²) >= 11 is 0. The summed E-state index contributed by atoms with van der Waals surface area (Å²) < 4.78 is 0. The van der Waals surface area contributed by atoms with Crippen molar-refractivity contribution in [1.29, 1.82) is 10.8 Å². The molecule has 0 saturated heterocycles. The van der Waals surface area contributed by atoms with E-state index in [1.54, 1.807) is 38.1 Å². The summed E-state index contributed by atoms with van der Waals surface area (Å²) in [4.78, 5) is 59.7. The Bertz CT molecular complexity index is 1610. The number of nitrogens with one attached hydrogen (secondary N) is 6. The number of nitrogens with two attached hydrogens (primary N) is 4. The van der Waals surface area contributed by atoms with Crippen molar-refractivity contribution in [3.8, 4) is 0 Å². The van der Waals surface area contributed by atoms with Crippen molar-refractivity contribution in [2.45, 2.75) is 25.9 Å². The van der Waals surface area contributed by atoms with Crippen LogP contribution in [0.25, 0.3) is 0 Å². The van der Waals surface area contributed by atoms with E-state index in [2.05, 4.69) is 61.2 Å². The van der Waals surface area contributed by atoms with Crippen LogP contribution in [0.15, 0.2) is 34.3 Å². The van der Waals surface area contributed by atoms with E-state index in [9.17, 15) is 9.59 Å². The minimum atomic E-state index is -0.749. The Morgan fingerprint density at radius 2 is 1.00 bits per heavy atom. The minimum Gasteiger partial charge on any atom is -0.370 e. The topological polar surface area (TPSA) is 343 Å². The fraction of sp³-hybridized carbons (Fsp3) is 0.182. The van der Waals surface area contributed by atoms with Gasteiger partial charge >= 0.3 is 0 Å². The van der Waals surface area contributed by atoms with Gasteiger partial charge in [0.15, 0.2) is 11.9 Å². The second kappa shape index (κ2) is 11.3. The van der Waals surface area contributed by atoms with Crippen LogP contribution in [-0.2, 0) is 9.59 Å². The van der Waals surface area contributed by atoms with Gasteiger partial charge in [-0.05, 0) is 38.1 Å². The van der Waals surface area contributed by atoms with Crippen molar-refractivity contribution in [2.75, 3.05) is 31.1 Å². The summed E-state index contributed by atoms with van der Waals surface area (Å²) in [5, 5.41) is 26.1. The molecule has 2 unspecified atom stereocenters. The highest BCUT2D eigenvalue weighted by Gasteiger charge is 2.35. The zero-order chi connectivity index (χ0) is 31.7. The largest absolute Gasteiger partial charge is 0.370 e. The first kappa shape index (κ1) is 28.8. The van der Waals surface area contributed by atoms with Gasteiger partial charge in [0, 0.05) is 11.4 Å². The molecule has 0 radical (unpaired) electrons. The number of hydrogen-bond acceptors (Lipinski definition) is 16. The lowest BCUT2D eigenvalue weighted by Gasteiger charge is -2.21. The standard InChI is InChI=1S/C22H26N20O2/c1-7-11(43)31-15(27)41(7)21-37-17(35-19(39-21)33-13(23)24)29-9-3-5-10(6-4-9)30-18-36-20(34-14(25)26)40-22(38-18)42-8(2)12(44)32-16(42)28/h3-8H,1-2H3,(H2,27,31,43)(H2,28,32,44)(H5,23,24,29,33,35,37,39)(H5,25,26,30,34,36,38,40). The maximum Gasteiger partial charge on any atom is 0.271 e. The molecule has 3 aromatic rings. The van der Waals surface area contributed by atoms with Gasteiger partial charge in [-0.1, -0.05) is 0 Å². The molecule has 2 aliphatic heterocycles. The molecule has 2 amide bonds. The van der Waals surface area contributed by atoms with E-state index in [0.717, 1.165) is 0 Å². The number of carbonyl (C=O) groups is 2. The smallest absolute Gasteiger partial charge is 0.271 e. The number of carbonyl (C=O) groups excluding carboxylic acids is 2. The van der Waals surface area contributed by atoms with Crippen molar-refractivity contribution >= 4 is 82.7 Å². The fourth-order valence-corrected chi connectivity index (χ4v) is 3.99. The van der Waals surface area contributed by atoms with Gasteiger partial charge in [-0.25, -0.2) is 0 Å². The molecular formula is C22H26N20O2. The van der Waals surface area contributed by atoms with E-state index in [1.165, 1.54) is 9.80 Å². The molecule has 5 rings (SSSR count). The molecule has 0 fully saturated rings. The van der Waals surface area contributed by atoms with Crippen LogP contribution in [0.4, 0.5) is 47.1 Å². The third-order valence-corrected chi connectivity index (χ3v) is 6.00. The molecule has 22 heteroatoms. The average Bonchev–Trinajstić information content (AvgIpc) is 3.34. The van der Waals surface area contributed by atoms with Crippen LogP contribution in [0.3, 0.4) is 0 Å². The summed E-state index contributed by atoms with van der Waals surface area (Å²) in [6.45, 7) is 3.18. The van der Waals surface area contributed by atoms with Gasteiger partial charge in [-0.3, -0.25) is 40.8 Å². The Labute approximate surface area is 247 Å². The van der Waals surface area contributed by atoms with E-state index < -0.39 is 35.8 Å². The van der Waals surface area contributed by atoms with E-state index in [0.29, 0.717) is 11.4 Å². The van der Waals surface area contributed by atoms with Gasteiger partial charge in [0.25, 0.3) is 11.8 Å². The number of guanidine groups is 4. The van der Waals surface area contributed by atoms with E-state index in [1.807, 2.05) is 0 Å². The summed E-state index contributed by atoms with van der Waals surface area (Å²) in [7, 11) is 0. The van der Waals surface area contributed by atoms with Crippen LogP contribution in [-0.4, -0.2) is 77.6 Å². The monoisotopic (exact) mass is 602 g/mol. The number of rotatable bonds is 8. The van der Waals surface area contributed by atoms with Crippen molar-refractivity contribution in [1.82, 2.24) is 29.9 Å². The van der Waals surface area contributed by atoms with Gasteiger partial charge in [0.2, 0.25) is 47.6 Å². The Morgan fingerprint density at radius 3 is 1.30 bits per heavy atom. The molecule has 1 aromatic carbocycles. The summed E-state index contributed by atoms with van der Waals surface area (Å²) in [5.74, 6) is -1.96. The molecule has 2 aliphatic rings. The van der Waals surface area contributed by atoms with Crippen LogP contribution in [0.5, 0.6) is 0 Å². The highest BCUT2D eigenvalue weighted by atomic mass is 16.2. The number of aromatic nitrogens is 6. The number of aliphatic imine (C=N–C) groups is 2. The van der Waals surface area contributed by atoms with Crippen LogP contribution >= 0.6 is 0 Å². The lowest BCUT2D eigenvalue weighted by atomic mass is 10.3. The van der Waals surface area contributed by atoms with Gasteiger partial charge in [0.05, 0.1) is 0 Å². The van der Waals surface area contributed by atoms with Crippen LogP contribution in [0, 0.1) is 10.8 Å². The first-order chi connectivity index (χ1) is 20.9. The van der Waals surface area contributed by atoms with Crippen LogP contribution in [0.2, 0.25) is 0 Å². The Hall–Kier alpha value is -6.74. The molecule has 14 N–H and O–H groups in total. The second-order valence-corrected chi connectivity index (χ2v) is 9.18. The zero-order valence-electron chi connectivity index (χ0n) is 23.1. The number of hydrogen-bond donors (Lipinski definition) is 10. The average molecular weight is 603 g/mol. The van der Waals surface area contributed by atoms with Gasteiger partial charge in [-0.15, -0.1) is 0 Å². The van der Waals surface area contributed by atoms with E-state index in [4.69, 9.17) is 33.8 Å². The molecular weight excluding hydrogens is 576 g/mol. The fourth-order valence-electron chi connectivity index (χ4n) is 3.99. The van der Waals surface area contributed by atoms with Crippen molar-refractivity contribution in [3.05, 3.63) is 24.3 Å². The summed E-state index contributed by atoms with van der Waals surface area (Å²) in [6.07, 6.45) is 0. The summed E-state index contributed by atoms with van der Waals surface area (Å²) in [5.41, 5.74) is 23.8. The molecule has 0 bridgehead atoms. The lowest BCUT2D eigenvalue weighted by molar-refractivity contribution is -0.118. The molecule has 22 nitrogen and oxygen atoms in total. The Morgan fingerprint density at radius 1 is 0.659 bits per heavy atom. The normalized spacial score (nSPS) is 17.7. The number of anilines is 8. The quantitative estimate of drug-likeness (QED) is 0.101. The number of nitrogens with zero attached hydrogens (tertiary/aromatic N) is 10. The molecule has 0 aliphatic carbocycles. The second-order valence-electron chi connectivity index (χ2n) is 9.18. The van der Waals surface area contributed by atoms with Crippen molar-refractivity contribution < 1.29 is 9.59 Å². The molecule has 44 heavy (non-hydrogen) atoms. The lowest BCUT2D eigenvalue weighted by Crippen LogP contribution is -2.41. The van der Waals surface area contributed by atoms with Gasteiger partial charge < -0.3 is 33.6 Å².